The molecule has 5 nitrogen and oxygen atoms in total. The minimum Gasteiger partial charge on any atom is -0.367 e. The number of nitrogens with zero attached hydrogens (tertiary/aromatic N) is 1. The molecule has 0 spiro atoms. The van der Waals surface area contributed by atoms with Gasteiger partial charge < -0.3 is 9.88 Å². The zero-order chi connectivity index (χ0) is 29.0. The summed E-state index contributed by atoms with van der Waals surface area (Å²) < 4.78 is 2.45. The second-order valence-electron chi connectivity index (χ2n) is 12.0. The van der Waals surface area contributed by atoms with Crippen molar-refractivity contribution in [1.82, 2.24) is 15.2 Å². The Morgan fingerprint density at radius 1 is 0.805 bits per heavy atom. The zero-order valence-corrected chi connectivity index (χ0v) is 25.6. The van der Waals surface area contributed by atoms with Gasteiger partial charge in [-0.1, -0.05) is 127 Å². The lowest BCUT2D eigenvalue weighted by Gasteiger charge is -2.33. The van der Waals surface area contributed by atoms with E-state index >= 15 is 0 Å². The number of hydrogen-bond donors (Lipinski definition) is 2. The predicted molar refractivity (Wildman–Crippen MR) is 172 cm³/mol. The molecule has 0 bridgehead atoms. The third kappa shape index (κ3) is 7.88. The van der Waals surface area contributed by atoms with Gasteiger partial charge in [0, 0.05) is 34.1 Å². The van der Waals surface area contributed by atoms with E-state index in [2.05, 4.69) is 64.6 Å². The molecule has 222 valence electrons. The molecule has 0 saturated heterocycles. The summed E-state index contributed by atoms with van der Waals surface area (Å²) in [6.07, 6.45) is 19.2. The number of aromatic nitrogens is 1. The molecule has 4 rings (SSSR count). The summed E-state index contributed by atoms with van der Waals surface area (Å²) in [6.45, 7) is 6.73. The molecule has 2 heterocycles. The van der Waals surface area contributed by atoms with E-state index in [4.69, 9.17) is 0 Å². The lowest BCUT2D eigenvalue weighted by molar-refractivity contribution is -0.115. The Hall–Kier alpha value is -2.92. The van der Waals surface area contributed by atoms with Crippen molar-refractivity contribution in [3.8, 4) is 0 Å². The number of rotatable bonds is 18. The van der Waals surface area contributed by atoms with Crippen molar-refractivity contribution in [3.05, 3.63) is 59.3 Å². The van der Waals surface area contributed by atoms with Crippen molar-refractivity contribution >= 4 is 33.9 Å². The molecule has 5 heteroatoms. The zero-order valence-electron chi connectivity index (χ0n) is 25.6. The van der Waals surface area contributed by atoms with Crippen LogP contribution in [0.2, 0.25) is 0 Å². The van der Waals surface area contributed by atoms with Crippen LogP contribution in [0.1, 0.15) is 122 Å². The Morgan fingerprint density at radius 2 is 1.39 bits per heavy atom. The Bertz CT molecular complexity index is 1320. The summed E-state index contributed by atoms with van der Waals surface area (Å²) in [7, 11) is 0. The molecule has 2 atom stereocenters. The quantitative estimate of drug-likeness (QED) is 0.121. The molecular weight excluding hydrogens is 506 g/mol. The topological polar surface area (TPSA) is 63.1 Å². The average Bonchev–Trinajstić information content (AvgIpc) is 3.30. The fourth-order valence-corrected chi connectivity index (χ4v) is 6.68. The van der Waals surface area contributed by atoms with Gasteiger partial charge in [-0.3, -0.25) is 14.9 Å². The maximum absolute atomic E-state index is 12.8. The third-order valence-corrected chi connectivity index (χ3v) is 8.79. The number of hydrogen-bond acceptors (Lipinski definition) is 4. The summed E-state index contributed by atoms with van der Waals surface area (Å²) >= 11 is 0. The van der Waals surface area contributed by atoms with Gasteiger partial charge in [-0.05, 0) is 31.9 Å². The highest BCUT2D eigenvalue weighted by Gasteiger charge is 2.32. The summed E-state index contributed by atoms with van der Waals surface area (Å²) in [5.74, 6) is 0.0171. The number of ketones is 1. The van der Waals surface area contributed by atoms with E-state index in [1.165, 1.54) is 105 Å². The Balaban J connectivity index is 1.40. The van der Waals surface area contributed by atoms with Crippen molar-refractivity contribution in [2.24, 2.45) is 0 Å². The highest BCUT2D eigenvalue weighted by Crippen LogP contribution is 2.37. The minimum atomic E-state index is -0.526. The van der Waals surface area contributed by atoms with E-state index < -0.39 is 6.17 Å². The van der Waals surface area contributed by atoms with Crippen molar-refractivity contribution in [2.45, 2.75) is 129 Å². The number of nitrogens with one attached hydrogen (secondary N) is 2. The first-order chi connectivity index (χ1) is 20.1. The monoisotopic (exact) mass is 557 g/mol. The van der Waals surface area contributed by atoms with Gasteiger partial charge in [0.25, 0.3) is 0 Å². The summed E-state index contributed by atoms with van der Waals surface area (Å²) in [4.78, 5) is 24.5. The Kier molecular flexibility index (Phi) is 12.0. The number of carbonyl (C=O) groups is 2. The first-order valence-corrected chi connectivity index (χ1v) is 16.3. The lowest BCUT2D eigenvalue weighted by atomic mass is 9.91. The number of Topliss-reactive ketones (excluding diaryl/α,β-unsaturated/α-hetero) is 1. The fraction of sp³-hybridized carbons (Fsp3) is 0.556. The van der Waals surface area contributed by atoms with Gasteiger partial charge in [0.1, 0.15) is 6.17 Å². The van der Waals surface area contributed by atoms with Crippen LogP contribution in [0.25, 0.3) is 21.8 Å². The molecular formula is C36H51N3O2. The van der Waals surface area contributed by atoms with Crippen molar-refractivity contribution in [1.29, 1.82) is 0 Å². The second kappa shape index (κ2) is 15.9. The highest BCUT2D eigenvalue weighted by molar-refractivity contribution is 6.09. The van der Waals surface area contributed by atoms with Gasteiger partial charge in [-0.2, -0.15) is 0 Å². The number of unbranched alkanes of at least 4 members (excludes halogenated alkanes) is 13. The Labute approximate surface area is 247 Å². The molecule has 0 saturated carbocycles. The Morgan fingerprint density at radius 3 is 2.00 bits per heavy atom. The molecule has 2 N–H and O–H groups in total. The number of allylic oxidation sites excluding steroid dienone is 1. The average molecular weight is 558 g/mol. The molecule has 2 aromatic carbocycles. The number of para-hydroxylation sites is 2. The number of aryl methyl sites for hydroxylation is 1. The van der Waals surface area contributed by atoms with Crippen LogP contribution in [0.3, 0.4) is 0 Å². The van der Waals surface area contributed by atoms with Gasteiger partial charge >= 0.3 is 0 Å². The highest BCUT2D eigenvalue weighted by atomic mass is 16.1. The number of carbonyl (C=O) groups excluding carboxylic acids is 2. The molecule has 41 heavy (non-hydrogen) atoms. The number of benzene rings is 2. The van der Waals surface area contributed by atoms with E-state index in [-0.39, 0.29) is 11.8 Å². The largest absolute Gasteiger partial charge is 0.367 e. The molecule has 1 aromatic heterocycles. The minimum absolute atomic E-state index is 0.0171. The number of aldehydes is 1. The molecule has 0 amide bonds. The van der Waals surface area contributed by atoms with Gasteiger partial charge in [0.15, 0.2) is 12.1 Å². The van der Waals surface area contributed by atoms with Crippen LogP contribution in [-0.4, -0.2) is 22.8 Å². The normalized spacial score (nSPS) is 17.3. The fourth-order valence-electron chi connectivity index (χ4n) is 6.68. The summed E-state index contributed by atoms with van der Waals surface area (Å²) in [6, 6.07) is 14.6. The van der Waals surface area contributed by atoms with E-state index in [1.54, 1.807) is 6.92 Å². The lowest BCUT2D eigenvalue weighted by Crippen LogP contribution is -2.50. The van der Waals surface area contributed by atoms with Crippen LogP contribution in [0.5, 0.6) is 0 Å². The van der Waals surface area contributed by atoms with Crippen LogP contribution in [0.4, 0.5) is 0 Å². The van der Waals surface area contributed by atoms with Crippen molar-refractivity contribution < 1.29 is 9.59 Å². The van der Waals surface area contributed by atoms with Gasteiger partial charge in [0.05, 0.1) is 11.6 Å². The van der Waals surface area contributed by atoms with Crippen LogP contribution in [0.15, 0.2) is 53.7 Å². The van der Waals surface area contributed by atoms with E-state index in [0.717, 1.165) is 30.5 Å². The van der Waals surface area contributed by atoms with Crippen LogP contribution in [0, 0.1) is 0 Å². The summed E-state index contributed by atoms with van der Waals surface area (Å²) in [5, 5.41) is 8.97. The van der Waals surface area contributed by atoms with E-state index in [0.29, 0.717) is 5.57 Å². The van der Waals surface area contributed by atoms with Gasteiger partial charge in [-0.15, -0.1) is 0 Å². The SMILES string of the molecule is CCCCCCCCCCCCCCCCn1c2ccccc2c2cccc(C3NC(C=O)NC(C)=C3C(C)=O)c21. The molecule has 3 aromatic rings. The molecule has 2 unspecified atom stereocenters. The summed E-state index contributed by atoms with van der Waals surface area (Å²) in [5.41, 5.74) is 4.92. The molecule has 0 fully saturated rings. The maximum Gasteiger partial charge on any atom is 0.159 e. The first-order valence-electron chi connectivity index (χ1n) is 16.3. The van der Waals surface area contributed by atoms with Gasteiger partial charge in [0.2, 0.25) is 0 Å². The molecule has 1 aliphatic heterocycles. The molecule has 0 aliphatic carbocycles. The van der Waals surface area contributed by atoms with Crippen LogP contribution >= 0.6 is 0 Å². The van der Waals surface area contributed by atoms with Crippen molar-refractivity contribution in [3.63, 3.8) is 0 Å². The van der Waals surface area contributed by atoms with E-state index in [1.807, 2.05) is 6.92 Å². The van der Waals surface area contributed by atoms with Crippen LogP contribution < -0.4 is 10.6 Å². The number of fused-ring (bicyclic) bond motifs is 3. The van der Waals surface area contributed by atoms with E-state index in [9.17, 15) is 9.59 Å². The van der Waals surface area contributed by atoms with Gasteiger partial charge in [-0.25, -0.2) is 0 Å². The standard InChI is InChI=1S/C36H51N3O2/c1-4-5-6-7-8-9-10-11-12-13-14-15-16-19-25-39-32-24-18-17-21-29(32)30-22-20-23-31(36(30)39)35-34(28(3)41)27(2)37-33(26-40)38-35/h17-18,20-24,26,33,35,37-38H,4-16,19,25H2,1-3H3. The third-order valence-electron chi connectivity index (χ3n) is 8.79. The second-order valence-corrected chi connectivity index (χ2v) is 12.0. The smallest absolute Gasteiger partial charge is 0.159 e. The predicted octanol–water partition coefficient (Wildman–Crippen LogP) is 8.90. The molecule has 0 radical (unpaired) electrons. The molecule has 1 aliphatic rings. The maximum atomic E-state index is 12.8. The van der Waals surface area contributed by atoms with Crippen molar-refractivity contribution in [2.75, 3.05) is 0 Å². The first kappa shape index (κ1) is 31.0. The van der Waals surface area contributed by atoms with Crippen LogP contribution in [-0.2, 0) is 16.1 Å².